The van der Waals surface area contributed by atoms with Crippen molar-refractivity contribution in [1.29, 1.82) is 0 Å². The van der Waals surface area contributed by atoms with Crippen molar-refractivity contribution in [2.75, 3.05) is 5.73 Å². The molecule has 0 unspecified atom stereocenters. The zero-order valence-electron chi connectivity index (χ0n) is 8.04. The summed E-state index contributed by atoms with van der Waals surface area (Å²) in [5.74, 6) is 0. The predicted octanol–water partition coefficient (Wildman–Crippen LogP) is -0.991. The fourth-order valence-corrected chi connectivity index (χ4v) is 1.63. The van der Waals surface area contributed by atoms with Gasteiger partial charge in [-0.3, -0.25) is 0 Å². The van der Waals surface area contributed by atoms with Crippen molar-refractivity contribution in [2.45, 2.75) is 4.90 Å². The highest BCUT2D eigenvalue weighted by Gasteiger charge is 2.10. The third-order valence-electron chi connectivity index (χ3n) is 1.39. The number of anilines is 1. The van der Waals surface area contributed by atoms with Crippen molar-refractivity contribution in [3.63, 3.8) is 0 Å². The van der Waals surface area contributed by atoms with Crippen LogP contribution in [0.15, 0.2) is 33.6 Å². The Morgan fingerprint density at radius 3 is 2.13 bits per heavy atom. The summed E-state index contributed by atoms with van der Waals surface area (Å²) < 4.78 is 25.3. The molecule has 0 aromatic heterocycles. The zero-order valence-corrected chi connectivity index (χ0v) is 8.86. The summed E-state index contributed by atoms with van der Waals surface area (Å²) in [6, 6.07) is 4.03. The third kappa shape index (κ3) is 3.44. The third-order valence-corrected chi connectivity index (χ3v) is 2.68. The average molecular weight is 232 g/mol. The number of hydrogen-bond donors (Lipinski definition) is 3. The Morgan fingerprint density at radius 2 is 1.73 bits per heavy atom. The summed E-state index contributed by atoms with van der Waals surface area (Å²) in [6.45, 7) is 0. The van der Waals surface area contributed by atoms with E-state index >= 15 is 0 Å². The van der Waals surface area contributed by atoms with Crippen LogP contribution in [0.25, 0.3) is 0 Å². The molecule has 0 radical (unpaired) electrons. The molecule has 0 aliphatic heterocycles. The molecule has 0 saturated heterocycles. The van der Waals surface area contributed by atoms with Gasteiger partial charge in [-0.1, -0.05) is 0 Å². The van der Waals surface area contributed by atoms with Gasteiger partial charge in [0, 0.05) is 5.69 Å². The van der Waals surface area contributed by atoms with Gasteiger partial charge in [0.15, 0.2) is 0 Å². The summed E-state index contributed by atoms with van der Waals surface area (Å²) in [4.78, 5) is -0.120. The largest absolute Gasteiger partial charge is 0.846 e. The summed E-state index contributed by atoms with van der Waals surface area (Å²) in [5, 5.41) is 10.3. The van der Waals surface area contributed by atoms with E-state index in [0.717, 1.165) is 0 Å². The Balaban J connectivity index is 0.00000196. The number of nitrogens with two attached hydrogens (primary N) is 2. The molecule has 0 aliphatic carbocycles. The second kappa shape index (κ2) is 4.62. The van der Waals surface area contributed by atoms with Crippen molar-refractivity contribution in [3.8, 4) is 0 Å². The van der Waals surface area contributed by atoms with Crippen LogP contribution in [0.5, 0.6) is 0 Å². The highest BCUT2D eigenvalue weighted by atomic mass is 32.2. The van der Waals surface area contributed by atoms with Crippen molar-refractivity contribution < 1.29 is 13.5 Å². The Hall–Kier alpha value is -1.80. The van der Waals surface area contributed by atoms with Crippen molar-refractivity contribution >= 4 is 21.7 Å². The number of sulfonamides is 1. The predicted molar refractivity (Wildman–Crippen MR) is 55.6 cm³/mol. The lowest BCUT2D eigenvalue weighted by molar-refractivity contribution is -0.216. The molecule has 0 saturated carbocycles. The fraction of sp³-hybridized carbons (Fsp3) is 0. The van der Waals surface area contributed by atoms with Crippen LogP contribution in [0.4, 0.5) is 5.69 Å². The maximum atomic E-state index is 11.2. The molecule has 0 atom stereocenters. The molecule has 84 valence electrons. The van der Waals surface area contributed by atoms with Crippen LogP contribution in [0.2, 0.25) is 0 Å². The molecule has 0 spiro atoms. The first-order valence-electron chi connectivity index (χ1n) is 3.55. The number of rotatable bonds is 2. The highest BCUT2D eigenvalue weighted by Crippen LogP contribution is 2.13. The minimum Gasteiger partial charge on any atom is -0.846 e. The topological polar surface area (TPSA) is 158 Å². The Morgan fingerprint density at radius 1 is 1.27 bits per heavy atom. The van der Waals surface area contributed by atoms with Crippen LogP contribution < -0.4 is 22.7 Å². The van der Waals surface area contributed by atoms with Crippen LogP contribution in [0.3, 0.4) is 0 Å². The average Bonchev–Trinajstić information content (AvgIpc) is 2.02. The standard InChI is InChI=1S/C7H9N3O3S.H3N/c8-5-1-3-6(4-2-5)14(12,13)10-7(9)11;/h1-4H,8H2,(H3,9,10,11);1H3. The molecule has 1 aromatic carbocycles. The maximum absolute atomic E-state index is 11.2. The molecular weight excluding hydrogens is 220 g/mol. The number of nitrogens with zero attached hydrogens (tertiary/aromatic N) is 1. The summed E-state index contributed by atoms with van der Waals surface area (Å²) in [6.07, 6.45) is 0. The number of hydrogen-bond acceptors (Lipinski definition) is 4. The van der Waals surface area contributed by atoms with Gasteiger partial charge in [0.05, 0.1) is 10.9 Å². The fourth-order valence-electron chi connectivity index (χ4n) is 0.811. The minimum atomic E-state index is -3.98. The quantitative estimate of drug-likeness (QED) is 0.338. The molecule has 15 heavy (non-hydrogen) atoms. The van der Waals surface area contributed by atoms with Crippen LogP contribution in [0.1, 0.15) is 0 Å². The van der Waals surface area contributed by atoms with E-state index in [0.29, 0.717) is 5.69 Å². The van der Waals surface area contributed by atoms with Gasteiger partial charge in [-0.2, -0.15) is 12.8 Å². The van der Waals surface area contributed by atoms with Gasteiger partial charge >= 0.3 is 0 Å². The summed E-state index contributed by atoms with van der Waals surface area (Å²) in [7, 11) is -3.98. The van der Waals surface area contributed by atoms with Gasteiger partial charge in [-0.15, -0.1) is 0 Å². The summed E-state index contributed by atoms with van der Waals surface area (Å²) >= 11 is 0. The van der Waals surface area contributed by atoms with Gasteiger partial charge in [0.25, 0.3) is 10.0 Å². The molecule has 8 N–H and O–H groups in total. The molecule has 1 aromatic rings. The first kappa shape index (κ1) is 13.2. The summed E-state index contributed by atoms with van der Waals surface area (Å²) in [5.41, 5.74) is 10.4. The lowest BCUT2D eigenvalue weighted by Crippen LogP contribution is -2.28. The molecule has 8 heteroatoms. The van der Waals surface area contributed by atoms with Gasteiger partial charge in [-0.05, 0) is 24.3 Å². The second-order valence-electron chi connectivity index (χ2n) is 2.47. The molecule has 0 heterocycles. The molecule has 0 amide bonds. The Bertz CT molecular complexity index is 448. The van der Waals surface area contributed by atoms with Crippen molar-refractivity contribution in [1.82, 2.24) is 6.15 Å². The van der Waals surface area contributed by atoms with Crippen LogP contribution in [-0.4, -0.2) is 14.4 Å². The van der Waals surface area contributed by atoms with E-state index in [4.69, 9.17) is 5.73 Å². The van der Waals surface area contributed by atoms with E-state index in [1.54, 1.807) is 0 Å². The van der Waals surface area contributed by atoms with E-state index in [1.165, 1.54) is 24.3 Å². The Labute approximate surface area is 87.1 Å². The number of quaternary nitrogens is 1. The SMILES string of the molecule is N/C([O-])=N/S(=O)(=O)c1ccc(N)cc1.[NH4+]. The number of nitrogen functional groups attached to an aromatic ring is 1. The zero-order chi connectivity index (χ0) is 10.8. The normalized spacial score (nSPS) is 11.9. The molecular formula is C7H12N4O3S. The van der Waals surface area contributed by atoms with Gasteiger partial charge in [-0.25, -0.2) is 0 Å². The number of amidine groups is 1. The van der Waals surface area contributed by atoms with E-state index < -0.39 is 16.0 Å². The van der Waals surface area contributed by atoms with Crippen molar-refractivity contribution in [2.24, 2.45) is 10.1 Å². The first-order chi connectivity index (χ1) is 6.42. The second-order valence-corrected chi connectivity index (χ2v) is 4.08. The maximum Gasteiger partial charge on any atom is 0.283 e. The van der Waals surface area contributed by atoms with E-state index in [2.05, 4.69) is 10.1 Å². The molecule has 7 nitrogen and oxygen atoms in total. The molecule has 0 fully saturated rings. The van der Waals surface area contributed by atoms with E-state index in [1.807, 2.05) is 0 Å². The van der Waals surface area contributed by atoms with Crippen LogP contribution in [-0.2, 0) is 10.0 Å². The Kier molecular flexibility index (Phi) is 4.07. The van der Waals surface area contributed by atoms with E-state index in [9.17, 15) is 13.5 Å². The highest BCUT2D eigenvalue weighted by molar-refractivity contribution is 7.90. The lowest BCUT2D eigenvalue weighted by atomic mass is 10.3. The van der Waals surface area contributed by atoms with Crippen LogP contribution >= 0.6 is 0 Å². The lowest BCUT2D eigenvalue weighted by Gasteiger charge is -2.03. The van der Waals surface area contributed by atoms with Gasteiger partial charge < -0.3 is 22.7 Å². The van der Waals surface area contributed by atoms with Crippen molar-refractivity contribution in [3.05, 3.63) is 24.3 Å². The first-order valence-corrected chi connectivity index (χ1v) is 4.99. The van der Waals surface area contributed by atoms with Gasteiger partial charge in [0.2, 0.25) is 0 Å². The number of benzene rings is 1. The van der Waals surface area contributed by atoms with E-state index in [-0.39, 0.29) is 11.0 Å². The molecule has 0 bridgehead atoms. The molecule has 1 rings (SSSR count). The van der Waals surface area contributed by atoms with Gasteiger partial charge in [0.1, 0.15) is 0 Å². The molecule has 0 aliphatic rings. The minimum absolute atomic E-state index is 0. The smallest absolute Gasteiger partial charge is 0.283 e. The monoisotopic (exact) mass is 232 g/mol. The van der Waals surface area contributed by atoms with Crippen LogP contribution in [0, 0.1) is 0 Å².